The van der Waals surface area contributed by atoms with Crippen molar-refractivity contribution in [3.63, 3.8) is 0 Å². The fourth-order valence-corrected chi connectivity index (χ4v) is 4.63. The van der Waals surface area contributed by atoms with Crippen molar-refractivity contribution >= 4 is 28.8 Å². The molecule has 0 aliphatic carbocycles. The van der Waals surface area contributed by atoms with E-state index in [2.05, 4.69) is 15.5 Å². The van der Waals surface area contributed by atoms with E-state index < -0.39 is 0 Å². The van der Waals surface area contributed by atoms with Crippen molar-refractivity contribution in [2.75, 3.05) is 18.7 Å². The van der Waals surface area contributed by atoms with Crippen LogP contribution in [0.1, 0.15) is 49.6 Å². The van der Waals surface area contributed by atoms with Gasteiger partial charge < -0.3 is 19.7 Å². The molecular weight excluding hydrogens is 416 g/mol. The van der Waals surface area contributed by atoms with E-state index >= 15 is 0 Å². The summed E-state index contributed by atoms with van der Waals surface area (Å²) < 4.78 is 10.6. The third-order valence-corrected chi connectivity index (χ3v) is 6.39. The van der Waals surface area contributed by atoms with Crippen molar-refractivity contribution < 1.29 is 19.1 Å². The molecule has 0 spiro atoms. The van der Waals surface area contributed by atoms with E-state index in [9.17, 15) is 9.59 Å². The van der Waals surface area contributed by atoms with Gasteiger partial charge in [-0.05, 0) is 44.0 Å². The van der Waals surface area contributed by atoms with E-state index in [1.54, 1.807) is 18.2 Å². The Balaban J connectivity index is 1.30. The van der Waals surface area contributed by atoms with E-state index in [0.717, 1.165) is 18.4 Å². The number of aryl methyl sites for hydroxylation is 1. The van der Waals surface area contributed by atoms with Crippen LogP contribution in [0.25, 0.3) is 0 Å². The average Bonchev–Trinajstić information content (AvgIpc) is 3.53. The maximum atomic E-state index is 13.0. The van der Waals surface area contributed by atoms with E-state index in [1.807, 2.05) is 36.1 Å². The van der Waals surface area contributed by atoms with Gasteiger partial charge in [0.2, 0.25) is 11.8 Å². The lowest BCUT2D eigenvalue weighted by molar-refractivity contribution is 0.0735. The molecule has 2 aliphatic rings. The Morgan fingerprint density at radius 1 is 1.10 bits per heavy atom. The summed E-state index contributed by atoms with van der Waals surface area (Å²) in [7, 11) is 0. The molecular formula is C22H20N4O4S. The first-order valence-electron chi connectivity index (χ1n) is 10.0. The number of carbonyl (C=O) groups is 2. The summed E-state index contributed by atoms with van der Waals surface area (Å²) >= 11 is 1.22. The lowest BCUT2D eigenvalue weighted by Gasteiger charge is -2.22. The molecule has 0 saturated carbocycles. The van der Waals surface area contributed by atoms with Crippen LogP contribution in [0.4, 0.5) is 5.69 Å². The number of fused-ring (bicyclic) bond motifs is 1. The van der Waals surface area contributed by atoms with Crippen molar-refractivity contribution in [1.82, 2.24) is 15.1 Å². The van der Waals surface area contributed by atoms with E-state index in [4.69, 9.17) is 9.47 Å². The van der Waals surface area contributed by atoms with Gasteiger partial charge in [0.15, 0.2) is 11.5 Å². The number of hydrogen-bond donors (Lipinski definition) is 1. The highest BCUT2D eigenvalue weighted by Gasteiger charge is 2.33. The fourth-order valence-electron chi connectivity index (χ4n) is 3.75. The molecule has 9 heteroatoms. The summed E-state index contributed by atoms with van der Waals surface area (Å²) in [5, 5.41) is 12.0. The molecule has 2 aromatic carbocycles. The van der Waals surface area contributed by atoms with Gasteiger partial charge in [0.1, 0.15) is 5.01 Å². The first-order chi connectivity index (χ1) is 15.1. The molecule has 31 heavy (non-hydrogen) atoms. The van der Waals surface area contributed by atoms with Crippen molar-refractivity contribution in [1.29, 1.82) is 0 Å². The van der Waals surface area contributed by atoms with Gasteiger partial charge in [-0.15, -0.1) is 10.2 Å². The van der Waals surface area contributed by atoms with Gasteiger partial charge in [0, 0.05) is 23.9 Å². The number of likely N-dealkylation sites (tertiary alicyclic amines) is 1. The van der Waals surface area contributed by atoms with Gasteiger partial charge in [-0.2, -0.15) is 0 Å². The molecule has 5 rings (SSSR count). The first kappa shape index (κ1) is 19.5. The standard InChI is InChI=1S/C22H20N4O4S/c1-13-4-6-14(7-5-13)22(28)26-10-2-3-16(26)20-24-25-21(31-20)19(27)23-15-8-9-17-18(11-15)30-12-29-17/h4-9,11,16H,2-3,10,12H2,1H3,(H,23,27). The minimum atomic E-state index is -0.350. The second kappa shape index (κ2) is 7.99. The van der Waals surface area contributed by atoms with E-state index in [0.29, 0.717) is 34.3 Å². The predicted octanol–water partition coefficient (Wildman–Crippen LogP) is 3.80. The summed E-state index contributed by atoms with van der Waals surface area (Å²) in [4.78, 5) is 27.5. The number of ether oxygens (including phenoxy) is 2. The SMILES string of the molecule is Cc1ccc(C(=O)N2CCCC2c2nnc(C(=O)Nc3ccc4c(c3)OCO4)s2)cc1. The maximum Gasteiger partial charge on any atom is 0.286 e. The van der Waals surface area contributed by atoms with Crippen LogP contribution in [0.3, 0.4) is 0 Å². The number of hydrogen-bond acceptors (Lipinski definition) is 7. The van der Waals surface area contributed by atoms with Crippen LogP contribution in [0.2, 0.25) is 0 Å². The minimum Gasteiger partial charge on any atom is -0.454 e. The fraction of sp³-hybridized carbons (Fsp3) is 0.273. The number of aromatic nitrogens is 2. The Hall–Kier alpha value is -3.46. The lowest BCUT2D eigenvalue weighted by Crippen LogP contribution is -2.30. The molecule has 2 aliphatic heterocycles. The molecule has 1 N–H and O–H groups in total. The molecule has 1 saturated heterocycles. The number of nitrogens with zero attached hydrogens (tertiary/aromatic N) is 3. The molecule has 0 radical (unpaired) electrons. The minimum absolute atomic E-state index is 0.0240. The molecule has 1 atom stereocenters. The zero-order valence-corrected chi connectivity index (χ0v) is 17.6. The van der Waals surface area contributed by atoms with Crippen LogP contribution in [0.5, 0.6) is 11.5 Å². The number of nitrogens with one attached hydrogen (secondary N) is 1. The number of benzene rings is 2. The van der Waals surface area contributed by atoms with Crippen LogP contribution < -0.4 is 14.8 Å². The Labute approximate surface area is 182 Å². The molecule has 158 valence electrons. The molecule has 8 nitrogen and oxygen atoms in total. The van der Waals surface area contributed by atoms with Crippen molar-refractivity contribution in [3.05, 3.63) is 63.6 Å². The summed E-state index contributed by atoms with van der Waals surface area (Å²) in [6, 6.07) is 12.6. The van der Waals surface area contributed by atoms with Crippen LogP contribution >= 0.6 is 11.3 Å². The third kappa shape index (κ3) is 3.84. The molecule has 1 aromatic heterocycles. The predicted molar refractivity (Wildman–Crippen MR) is 115 cm³/mol. The number of carbonyl (C=O) groups excluding carboxylic acids is 2. The van der Waals surface area contributed by atoms with Crippen LogP contribution in [0, 0.1) is 6.92 Å². The zero-order valence-electron chi connectivity index (χ0n) is 16.8. The topological polar surface area (TPSA) is 93.7 Å². The molecule has 1 unspecified atom stereocenters. The smallest absolute Gasteiger partial charge is 0.286 e. The second-order valence-electron chi connectivity index (χ2n) is 7.49. The molecule has 3 heterocycles. The Kier molecular flexibility index (Phi) is 5.03. The van der Waals surface area contributed by atoms with E-state index in [1.165, 1.54) is 11.3 Å². The Morgan fingerprint density at radius 3 is 2.74 bits per heavy atom. The third-order valence-electron chi connectivity index (χ3n) is 5.36. The van der Waals surface area contributed by atoms with Crippen molar-refractivity contribution in [2.45, 2.75) is 25.8 Å². The molecule has 3 aromatic rings. The molecule has 1 fully saturated rings. The van der Waals surface area contributed by atoms with Gasteiger partial charge in [-0.25, -0.2) is 0 Å². The highest BCUT2D eigenvalue weighted by molar-refractivity contribution is 7.13. The summed E-state index contributed by atoms with van der Waals surface area (Å²) in [6.07, 6.45) is 1.69. The van der Waals surface area contributed by atoms with Gasteiger partial charge in [0.05, 0.1) is 6.04 Å². The van der Waals surface area contributed by atoms with Crippen molar-refractivity contribution in [3.8, 4) is 11.5 Å². The van der Waals surface area contributed by atoms with Crippen molar-refractivity contribution in [2.24, 2.45) is 0 Å². The highest BCUT2D eigenvalue weighted by atomic mass is 32.1. The normalized spacial score (nSPS) is 17.1. The van der Waals surface area contributed by atoms with Gasteiger partial charge in [-0.1, -0.05) is 29.0 Å². The summed E-state index contributed by atoms with van der Waals surface area (Å²) in [5.74, 6) is 0.865. The van der Waals surface area contributed by atoms with Crippen LogP contribution in [-0.4, -0.2) is 40.2 Å². The Bertz CT molecular complexity index is 1140. The number of anilines is 1. The van der Waals surface area contributed by atoms with Gasteiger partial charge in [-0.3, -0.25) is 9.59 Å². The van der Waals surface area contributed by atoms with Gasteiger partial charge >= 0.3 is 0 Å². The lowest BCUT2D eigenvalue weighted by atomic mass is 10.1. The second-order valence-corrected chi connectivity index (χ2v) is 8.50. The highest BCUT2D eigenvalue weighted by Crippen LogP contribution is 2.36. The summed E-state index contributed by atoms with van der Waals surface area (Å²) in [6.45, 7) is 2.83. The summed E-state index contributed by atoms with van der Waals surface area (Å²) in [5.41, 5.74) is 2.35. The zero-order chi connectivity index (χ0) is 21.4. The molecule has 0 bridgehead atoms. The monoisotopic (exact) mass is 436 g/mol. The quantitative estimate of drug-likeness (QED) is 0.669. The number of rotatable bonds is 4. The number of amides is 2. The first-order valence-corrected chi connectivity index (χ1v) is 10.8. The molecule has 2 amide bonds. The Morgan fingerprint density at radius 2 is 1.90 bits per heavy atom. The largest absolute Gasteiger partial charge is 0.454 e. The maximum absolute atomic E-state index is 13.0. The average molecular weight is 436 g/mol. The van der Waals surface area contributed by atoms with Crippen LogP contribution in [0.15, 0.2) is 42.5 Å². The van der Waals surface area contributed by atoms with Gasteiger partial charge in [0.25, 0.3) is 11.8 Å². The van der Waals surface area contributed by atoms with E-state index in [-0.39, 0.29) is 29.7 Å². The van der Waals surface area contributed by atoms with Crippen LogP contribution in [-0.2, 0) is 0 Å².